The molecule has 5 rings (SSSR count). The molecule has 33 heavy (non-hydrogen) atoms. The molecule has 1 aliphatic rings. The van der Waals surface area contributed by atoms with Crippen LogP contribution in [0.4, 0.5) is 0 Å². The Morgan fingerprint density at radius 2 is 1.85 bits per heavy atom. The number of amides is 1. The number of para-hydroxylation sites is 2. The zero-order valence-corrected chi connectivity index (χ0v) is 19.0. The van der Waals surface area contributed by atoms with E-state index in [1.165, 1.54) is 10.9 Å². The van der Waals surface area contributed by atoms with Gasteiger partial charge in [0.1, 0.15) is 6.10 Å². The molecule has 0 saturated carbocycles. The van der Waals surface area contributed by atoms with E-state index in [-0.39, 0.29) is 18.1 Å². The number of rotatable bonds is 5. The van der Waals surface area contributed by atoms with Gasteiger partial charge in [-0.2, -0.15) is 0 Å². The first kappa shape index (κ1) is 21.5. The van der Waals surface area contributed by atoms with E-state index < -0.39 is 0 Å². The van der Waals surface area contributed by atoms with E-state index in [0.717, 1.165) is 35.2 Å². The number of morpholine rings is 1. The minimum absolute atomic E-state index is 0.0597. The highest BCUT2D eigenvalue weighted by atomic mass is 16.5. The van der Waals surface area contributed by atoms with Crippen molar-refractivity contribution in [2.45, 2.75) is 32.5 Å². The largest absolute Gasteiger partial charge is 0.369 e. The molecule has 1 saturated heterocycles. The van der Waals surface area contributed by atoms with Crippen molar-refractivity contribution in [1.82, 2.24) is 20.2 Å². The molecule has 1 fully saturated rings. The summed E-state index contributed by atoms with van der Waals surface area (Å²) in [5, 5.41) is 5.05. The molecule has 1 unspecified atom stereocenters. The van der Waals surface area contributed by atoms with Crippen molar-refractivity contribution in [3.8, 4) is 0 Å². The summed E-state index contributed by atoms with van der Waals surface area (Å²) >= 11 is 0. The molecule has 1 aliphatic heterocycles. The van der Waals surface area contributed by atoms with E-state index in [1.54, 1.807) is 0 Å². The van der Waals surface area contributed by atoms with Gasteiger partial charge in [0.05, 0.1) is 28.9 Å². The number of fused-ring (bicyclic) bond motifs is 2. The number of hydrogen-bond donors (Lipinski definition) is 1. The fourth-order valence-corrected chi connectivity index (χ4v) is 4.45. The minimum atomic E-state index is -0.193. The minimum Gasteiger partial charge on any atom is -0.369 e. The molecule has 0 spiro atoms. The summed E-state index contributed by atoms with van der Waals surface area (Å²) in [6.45, 7) is 6.93. The maximum absolute atomic E-state index is 12.9. The summed E-state index contributed by atoms with van der Waals surface area (Å²) in [5.74, 6) is -0.0826. The Balaban J connectivity index is 1.43. The van der Waals surface area contributed by atoms with Gasteiger partial charge in [0, 0.05) is 42.6 Å². The molecule has 2 aromatic carbocycles. The number of ether oxygens (including phenoxy) is 1. The Bertz CT molecular complexity index is 1300. The highest BCUT2D eigenvalue weighted by Crippen LogP contribution is 2.27. The highest BCUT2D eigenvalue weighted by Gasteiger charge is 2.25. The topological polar surface area (TPSA) is 67.4 Å². The average Bonchev–Trinajstić information content (AvgIpc) is 2.83. The van der Waals surface area contributed by atoms with Crippen molar-refractivity contribution < 1.29 is 9.53 Å². The fraction of sp³-hybridized carbons (Fsp3) is 0.296. The molecular weight excluding hydrogens is 412 g/mol. The molecule has 3 heterocycles. The molecule has 6 nitrogen and oxygen atoms in total. The van der Waals surface area contributed by atoms with Crippen molar-refractivity contribution >= 4 is 27.7 Å². The molecule has 0 radical (unpaired) electrons. The quantitative estimate of drug-likeness (QED) is 0.495. The van der Waals surface area contributed by atoms with E-state index in [9.17, 15) is 4.79 Å². The maximum Gasteiger partial charge on any atom is 0.252 e. The van der Waals surface area contributed by atoms with Gasteiger partial charge in [0.2, 0.25) is 0 Å². The molecule has 1 atom stereocenters. The summed E-state index contributed by atoms with van der Waals surface area (Å²) in [7, 11) is 0. The maximum atomic E-state index is 12.9. The van der Waals surface area contributed by atoms with Gasteiger partial charge < -0.3 is 10.1 Å². The monoisotopic (exact) mass is 440 g/mol. The fourth-order valence-electron chi connectivity index (χ4n) is 4.45. The van der Waals surface area contributed by atoms with Crippen LogP contribution in [0, 0.1) is 0 Å². The third-order valence-corrected chi connectivity index (χ3v) is 6.01. The first-order valence-corrected chi connectivity index (χ1v) is 11.5. The summed E-state index contributed by atoms with van der Waals surface area (Å²) in [6.07, 6.45) is 1.68. The van der Waals surface area contributed by atoms with Gasteiger partial charge in [-0.25, -0.2) is 4.98 Å². The normalized spacial score (nSPS) is 17.0. The Labute approximate surface area is 193 Å². The Morgan fingerprint density at radius 1 is 1.09 bits per heavy atom. The summed E-state index contributed by atoms with van der Waals surface area (Å²) in [5.41, 5.74) is 4.52. The summed E-state index contributed by atoms with van der Waals surface area (Å²) < 4.78 is 6.14. The van der Waals surface area contributed by atoms with Crippen LogP contribution in [0.15, 0.2) is 66.9 Å². The van der Waals surface area contributed by atoms with Gasteiger partial charge >= 0.3 is 0 Å². The van der Waals surface area contributed by atoms with Crippen LogP contribution in [0.3, 0.4) is 0 Å². The van der Waals surface area contributed by atoms with E-state index in [0.29, 0.717) is 18.7 Å². The van der Waals surface area contributed by atoms with Crippen molar-refractivity contribution in [3.05, 3.63) is 83.7 Å². The van der Waals surface area contributed by atoms with Crippen molar-refractivity contribution in [2.75, 3.05) is 19.7 Å². The SMILES string of the molecule is CC(C)NC(=O)c1cc(C2CN(Cc3ccnc4ccccc34)CCO2)nc2ccccc12. The van der Waals surface area contributed by atoms with Crippen LogP contribution in [-0.4, -0.2) is 46.5 Å². The smallest absolute Gasteiger partial charge is 0.252 e. The van der Waals surface area contributed by atoms with E-state index in [2.05, 4.69) is 33.4 Å². The Hall–Kier alpha value is -3.35. The van der Waals surface area contributed by atoms with E-state index in [4.69, 9.17) is 9.72 Å². The number of benzene rings is 2. The second kappa shape index (κ2) is 9.25. The Kier molecular flexibility index (Phi) is 6.03. The lowest BCUT2D eigenvalue weighted by Crippen LogP contribution is -2.38. The van der Waals surface area contributed by atoms with Crippen LogP contribution in [0.2, 0.25) is 0 Å². The van der Waals surface area contributed by atoms with Crippen LogP contribution < -0.4 is 5.32 Å². The van der Waals surface area contributed by atoms with Gasteiger partial charge in [-0.15, -0.1) is 0 Å². The third kappa shape index (κ3) is 4.58. The average molecular weight is 441 g/mol. The number of aromatic nitrogens is 2. The third-order valence-electron chi connectivity index (χ3n) is 6.01. The second-order valence-corrected chi connectivity index (χ2v) is 8.82. The van der Waals surface area contributed by atoms with Gasteiger partial charge in [0.15, 0.2) is 0 Å². The van der Waals surface area contributed by atoms with Gasteiger partial charge in [-0.05, 0) is 43.7 Å². The number of nitrogens with one attached hydrogen (secondary N) is 1. The van der Waals surface area contributed by atoms with Gasteiger partial charge in [-0.3, -0.25) is 14.7 Å². The first-order chi connectivity index (χ1) is 16.1. The van der Waals surface area contributed by atoms with Crippen molar-refractivity contribution in [3.63, 3.8) is 0 Å². The molecule has 168 valence electrons. The second-order valence-electron chi connectivity index (χ2n) is 8.82. The lowest BCUT2D eigenvalue weighted by molar-refractivity contribution is -0.0347. The number of hydrogen-bond acceptors (Lipinski definition) is 5. The predicted molar refractivity (Wildman–Crippen MR) is 130 cm³/mol. The number of carbonyl (C=O) groups excluding carboxylic acids is 1. The summed E-state index contributed by atoms with van der Waals surface area (Å²) in [6, 6.07) is 20.1. The van der Waals surface area contributed by atoms with E-state index >= 15 is 0 Å². The lowest BCUT2D eigenvalue weighted by atomic mass is 10.0. The van der Waals surface area contributed by atoms with E-state index in [1.807, 2.05) is 62.5 Å². The number of pyridine rings is 2. The van der Waals surface area contributed by atoms with Gasteiger partial charge in [0.25, 0.3) is 5.91 Å². The van der Waals surface area contributed by atoms with Crippen molar-refractivity contribution in [2.24, 2.45) is 0 Å². The van der Waals surface area contributed by atoms with Crippen LogP contribution >= 0.6 is 0 Å². The zero-order chi connectivity index (χ0) is 22.8. The molecule has 1 N–H and O–H groups in total. The highest BCUT2D eigenvalue weighted by molar-refractivity contribution is 6.06. The molecule has 0 aliphatic carbocycles. The molecule has 1 amide bonds. The van der Waals surface area contributed by atoms with Crippen LogP contribution in [0.1, 0.15) is 41.6 Å². The van der Waals surface area contributed by atoms with Crippen LogP contribution in [0.5, 0.6) is 0 Å². The van der Waals surface area contributed by atoms with Gasteiger partial charge in [-0.1, -0.05) is 36.4 Å². The zero-order valence-electron chi connectivity index (χ0n) is 19.0. The number of carbonyl (C=O) groups is 1. The first-order valence-electron chi connectivity index (χ1n) is 11.5. The molecule has 2 aromatic heterocycles. The molecule has 6 heteroatoms. The molecule has 0 bridgehead atoms. The van der Waals surface area contributed by atoms with Crippen LogP contribution in [-0.2, 0) is 11.3 Å². The Morgan fingerprint density at radius 3 is 2.67 bits per heavy atom. The lowest BCUT2D eigenvalue weighted by Gasteiger charge is -2.33. The molecular formula is C27H28N4O2. The summed E-state index contributed by atoms with van der Waals surface area (Å²) in [4.78, 5) is 24.7. The number of nitrogens with zero attached hydrogens (tertiary/aromatic N) is 3. The van der Waals surface area contributed by atoms with Crippen LogP contribution in [0.25, 0.3) is 21.8 Å². The molecule has 4 aromatic rings. The predicted octanol–water partition coefficient (Wildman–Crippen LogP) is 4.49. The standard InChI is InChI=1S/C27H28N4O2/c1-18(2)29-27(32)22-15-25(30-24-10-6-4-8-21(22)24)26-17-31(13-14-33-26)16-19-11-12-28-23-9-5-3-7-20(19)23/h3-12,15,18,26H,13-14,16-17H2,1-2H3,(H,29,32). The van der Waals surface area contributed by atoms with Crippen molar-refractivity contribution in [1.29, 1.82) is 0 Å².